The minimum absolute atomic E-state index is 0.241. The third kappa shape index (κ3) is 2.78. The van der Waals surface area contributed by atoms with Crippen molar-refractivity contribution in [1.82, 2.24) is 4.90 Å². The van der Waals surface area contributed by atoms with E-state index in [0.717, 1.165) is 43.1 Å². The van der Waals surface area contributed by atoms with Crippen LogP contribution in [-0.2, 0) is 12.8 Å². The van der Waals surface area contributed by atoms with Crippen LogP contribution in [-0.4, -0.2) is 28.7 Å². The number of halogens is 1. The molecule has 20 heavy (non-hydrogen) atoms. The number of alkyl halides is 1. The molecule has 1 fully saturated rings. The van der Waals surface area contributed by atoms with Gasteiger partial charge in [-0.2, -0.15) is 0 Å². The largest absolute Gasteiger partial charge is 0.336 e. The van der Waals surface area contributed by atoms with Gasteiger partial charge in [-0.1, -0.05) is 22.0 Å². The van der Waals surface area contributed by atoms with E-state index in [2.05, 4.69) is 33.0 Å². The minimum atomic E-state index is 0.241. The van der Waals surface area contributed by atoms with Crippen molar-refractivity contribution in [3.8, 4) is 0 Å². The third-order valence-corrected chi connectivity index (χ3v) is 5.13. The first-order valence-electron chi connectivity index (χ1n) is 7.78. The number of hydrogen-bond donors (Lipinski definition) is 0. The maximum atomic E-state index is 12.8. The number of aryl methyl sites for hydroxylation is 2. The lowest BCUT2D eigenvalue weighted by molar-refractivity contribution is 0.0610. The van der Waals surface area contributed by atoms with Gasteiger partial charge in [0.2, 0.25) is 0 Å². The van der Waals surface area contributed by atoms with E-state index in [1.807, 2.05) is 6.07 Å². The van der Waals surface area contributed by atoms with Crippen molar-refractivity contribution in [1.29, 1.82) is 0 Å². The molecule has 1 amide bonds. The highest BCUT2D eigenvalue weighted by atomic mass is 79.9. The van der Waals surface area contributed by atoms with Crippen LogP contribution in [0.1, 0.15) is 53.6 Å². The van der Waals surface area contributed by atoms with E-state index in [1.54, 1.807) is 0 Å². The van der Waals surface area contributed by atoms with Crippen LogP contribution in [0.25, 0.3) is 0 Å². The smallest absolute Gasteiger partial charge is 0.254 e. The summed E-state index contributed by atoms with van der Waals surface area (Å²) in [5, 5.41) is 0.978. The standard InChI is InChI=1S/C17H22BrNO/c18-10-9-16-6-1-2-11-19(16)17(20)15-8-7-13-4-3-5-14(13)12-15/h7-8,12,16H,1-6,9-11H2. The lowest BCUT2D eigenvalue weighted by Crippen LogP contribution is -2.44. The monoisotopic (exact) mass is 335 g/mol. The number of carbonyl (C=O) groups is 1. The quantitative estimate of drug-likeness (QED) is 0.765. The summed E-state index contributed by atoms with van der Waals surface area (Å²) in [5.41, 5.74) is 3.73. The second-order valence-corrected chi connectivity index (χ2v) is 6.76. The predicted octanol–water partition coefficient (Wildman–Crippen LogP) is 3.96. The van der Waals surface area contributed by atoms with Crippen LogP contribution in [0.3, 0.4) is 0 Å². The Bertz CT molecular complexity index is 498. The van der Waals surface area contributed by atoms with Gasteiger partial charge in [-0.15, -0.1) is 0 Å². The highest BCUT2D eigenvalue weighted by molar-refractivity contribution is 9.09. The number of rotatable bonds is 3. The molecule has 1 aliphatic heterocycles. The van der Waals surface area contributed by atoms with Gasteiger partial charge in [-0.05, 0) is 68.2 Å². The first-order valence-corrected chi connectivity index (χ1v) is 8.90. The van der Waals surface area contributed by atoms with Crippen molar-refractivity contribution < 1.29 is 4.79 Å². The normalized spacial score (nSPS) is 21.9. The molecule has 108 valence electrons. The van der Waals surface area contributed by atoms with Gasteiger partial charge in [0.05, 0.1) is 0 Å². The van der Waals surface area contributed by atoms with Gasteiger partial charge in [-0.3, -0.25) is 4.79 Å². The molecular weight excluding hydrogens is 314 g/mol. The molecule has 1 unspecified atom stereocenters. The lowest BCUT2D eigenvalue weighted by atomic mass is 9.98. The van der Waals surface area contributed by atoms with Crippen LogP contribution in [0.4, 0.5) is 0 Å². The summed E-state index contributed by atoms with van der Waals surface area (Å²) in [7, 11) is 0. The van der Waals surface area contributed by atoms with E-state index in [0.29, 0.717) is 6.04 Å². The molecule has 1 atom stereocenters. The molecule has 0 radical (unpaired) electrons. The lowest BCUT2D eigenvalue weighted by Gasteiger charge is -2.35. The summed E-state index contributed by atoms with van der Waals surface area (Å²) in [6.07, 6.45) is 8.18. The van der Waals surface area contributed by atoms with Crippen LogP contribution in [0.15, 0.2) is 18.2 Å². The Morgan fingerprint density at radius 2 is 2.05 bits per heavy atom. The van der Waals surface area contributed by atoms with Crippen LogP contribution in [0.2, 0.25) is 0 Å². The number of amides is 1. The number of carbonyl (C=O) groups excluding carboxylic acids is 1. The Labute approximate surface area is 129 Å². The Hall–Kier alpha value is -0.830. The SMILES string of the molecule is O=C(c1ccc2c(c1)CCC2)N1CCCCC1CCBr. The number of piperidine rings is 1. The first kappa shape index (κ1) is 14.1. The average Bonchev–Trinajstić information content (AvgIpc) is 2.95. The van der Waals surface area contributed by atoms with Crippen LogP contribution >= 0.6 is 15.9 Å². The molecule has 1 heterocycles. The van der Waals surface area contributed by atoms with E-state index in [-0.39, 0.29) is 5.91 Å². The van der Waals surface area contributed by atoms with Crippen molar-refractivity contribution >= 4 is 21.8 Å². The van der Waals surface area contributed by atoms with Gasteiger partial charge in [-0.25, -0.2) is 0 Å². The Morgan fingerprint density at radius 3 is 2.90 bits per heavy atom. The molecule has 1 aromatic carbocycles. The van der Waals surface area contributed by atoms with E-state index < -0.39 is 0 Å². The Balaban J connectivity index is 1.80. The Kier molecular flexibility index (Phi) is 4.45. The molecule has 2 aliphatic rings. The summed E-state index contributed by atoms with van der Waals surface area (Å²) < 4.78 is 0. The number of hydrogen-bond acceptors (Lipinski definition) is 1. The fraction of sp³-hybridized carbons (Fsp3) is 0.588. The van der Waals surface area contributed by atoms with Gasteiger partial charge in [0, 0.05) is 23.5 Å². The molecule has 3 heteroatoms. The summed E-state index contributed by atoms with van der Waals surface area (Å²) in [6.45, 7) is 0.924. The number of fused-ring (bicyclic) bond motifs is 1. The van der Waals surface area contributed by atoms with Gasteiger partial charge in [0.25, 0.3) is 5.91 Å². The van der Waals surface area contributed by atoms with Crippen molar-refractivity contribution in [2.45, 2.75) is 51.0 Å². The van der Waals surface area contributed by atoms with Crippen LogP contribution < -0.4 is 0 Å². The maximum absolute atomic E-state index is 12.8. The molecule has 1 aromatic rings. The second-order valence-electron chi connectivity index (χ2n) is 5.96. The molecule has 0 aromatic heterocycles. The number of nitrogens with zero attached hydrogens (tertiary/aromatic N) is 1. The van der Waals surface area contributed by atoms with Crippen LogP contribution in [0, 0.1) is 0 Å². The molecule has 1 saturated heterocycles. The Morgan fingerprint density at radius 1 is 1.20 bits per heavy atom. The highest BCUT2D eigenvalue weighted by Crippen LogP contribution is 2.26. The van der Waals surface area contributed by atoms with E-state index in [9.17, 15) is 4.79 Å². The van der Waals surface area contributed by atoms with Gasteiger partial charge < -0.3 is 4.90 Å². The summed E-state index contributed by atoms with van der Waals surface area (Å²) >= 11 is 3.52. The predicted molar refractivity (Wildman–Crippen MR) is 85.6 cm³/mol. The van der Waals surface area contributed by atoms with Gasteiger partial charge in [0.1, 0.15) is 0 Å². The summed E-state index contributed by atoms with van der Waals surface area (Å²) in [4.78, 5) is 14.9. The molecule has 0 bridgehead atoms. The molecule has 0 saturated carbocycles. The third-order valence-electron chi connectivity index (χ3n) is 4.68. The fourth-order valence-corrected chi connectivity index (χ4v) is 4.09. The molecule has 0 N–H and O–H groups in total. The second kappa shape index (κ2) is 6.30. The summed E-state index contributed by atoms with van der Waals surface area (Å²) in [5.74, 6) is 0.241. The zero-order valence-electron chi connectivity index (χ0n) is 11.9. The summed E-state index contributed by atoms with van der Waals surface area (Å²) in [6, 6.07) is 6.76. The zero-order chi connectivity index (χ0) is 13.9. The van der Waals surface area contributed by atoms with E-state index in [1.165, 1.54) is 30.4 Å². The first-order chi connectivity index (χ1) is 9.79. The number of benzene rings is 1. The minimum Gasteiger partial charge on any atom is -0.336 e. The van der Waals surface area contributed by atoms with Crippen molar-refractivity contribution in [3.05, 3.63) is 34.9 Å². The van der Waals surface area contributed by atoms with Crippen molar-refractivity contribution in [3.63, 3.8) is 0 Å². The van der Waals surface area contributed by atoms with Crippen LogP contribution in [0.5, 0.6) is 0 Å². The van der Waals surface area contributed by atoms with Gasteiger partial charge >= 0.3 is 0 Å². The van der Waals surface area contributed by atoms with Crippen molar-refractivity contribution in [2.24, 2.45) is 0 Å². The molecule has 0 spiro atoms. The van der Waals surface area contributed by atoms with E-state index >= 15 is 0 Å². The van der Waals surface area contributed by atoms with Gasteiger partial charge in [0.15, 0.2) is 0 Å². The fourth-order valence-electron chi connectivity index (χ4n) is 3.56. The molecule has 3 rings (SSSR count). The molecular formula is C17H22BrNO. The highest BCUT2D eigenvalue weighted by Gasteiger charge is 2.27. The van der Waals surface area contributed by atoms with Crippen molar-refractivity contribution in [2.75, 3.05) is 11.9 Å². The topological polar surface area (TPSA) is 20.3 Å². The molecule has 1 aliphatic carbocycles. The molecule has 2 nitrogen and oxygen atoms in total. The maximum Gasteiger partial charge on any atom is 0.254 e. The number of likely N-dealkylation sites (tertiary alicyclic amines) is 1. The average molecular weight is 336 g/mol. The van der Waals surface area contributed by atoms with E-state index in [4.69, 9.17) is 0 Å². The zero-order valence-corrected chi connectivity index (χ0v) is 13.5.